The second-order valence-electron chi connectivity index (χ2n) is 5.78. The zero-order chi connectivity index (χ0) is 14.4. The number of hydrogen-bond acceptors (Lipinski definition) is 1. The Labute approximate surface area is 122 Å². The smallest absolute Gasteiger partial charge is 0.125 e. The van der Waals surface area contributed by atoms with Crippen molar-refractivity contribution in [1.29, 1.82) is 0 Å². The summed E-state index contributed by atoms with van der Waals surface area (Å²) in [4.78, 5) is 3.20. The van der Waals surface area contributed by atoms with Gasteiger partial charge in [0.05, 0.1) is 0 Å². The molecule has 0 fully saturated rings. The maximum absolute atomic E-state index is 13.3. The molecule has 0 bridgehead atoms. The second kappa shape index (κ2) is 4.71. The van der Waals surface area contributed by atoms with Gasteiger partial charge in [0.1, 0.15) is 5.82 Å². The maximum atomic E-state index is 13.3. The first-order valence-electron chi connectivity index (χ1n) is 7.33. The molecule has 4 rings (SSSR count). The highest BCUT2D eigenvalue weighted by Crippen LogP contribution is 2.46. The Balaban J connectivity index is 1.86. The molecular formula is C18H17FN2. The molecule has 2 nitrogen and oxygen atoms in total. The third-order valence-corrected chi connectivity index (χ3v) is 4.67. The van der Waals surface area contributed by atoms with E-state index in [1.807, 2.05) is 12.3 Å². The van der Waals surface area contributed by atoms with E-state index >= 15 is 0 Å². The van der Waals surface area contributed by atoms with E-state index < -0.39 is 0 Å². The SMILES string of the molecule is NC[C@H]1C[C@H](c2c[nH]c3cc(F)ccc23)c2ccccc21. The van der Waals surface area contributed by atoms with Crippen LogP contribution in [0.15, 0.2) is 48.7 Å². The summed E-state index contributed by atoms with van der Waals surface area (Å²) in [5.74, 6) is 0.549. The van der Waals surface area contributed by atoms with Crippen LogP contribution >= 0.6 is 0 Å². The molecular weight excluding hydrogens is 263 g/mol. The van der Waals surface area contributed by atoms with Crippen molar-refractivity contribution in [3.63, 3.8) is 0 Å². The number of H-pyrrole nitrogens is 1. The van der Waals surface area contributed by atoms with E-state index in [1.54, 1.807) is 6.07 Å². The first-order chi connectivity index (χ1) is 10.3. The highest BCUT2D eigenvalue weighted by atomic mass is 19.1. The predicted octanol–water partition coefficient (Wildman–Crippen LogP) is 3.88. The van der Waals surface area contributed by atoms with Gasteiger partial charge in [0, 0.05) is 23.0 Å². The van der Waals surface area contributed by atoms with Crippen LogP contribution in [0, 0.1) is 5.82 Å². The van der Waals surface area contributed by atoms with Crippen molar-refractivity contribution in [2.75, 3.05) is 6.54 Å². The number of halogens is 1. The fourth-order valence-corrected chi connectivity index (χ4v) is 3.67. The van der Waals surface area contributed by atoms with Crippen LogP contribution in [0.5, 0.6) is 0 Å². The normalized spacial score (nSPS) is 20.9. The van der Waals surface area contributed by atoms with Crippen molar-refractivity contribution in [2.45, 2.75) is 18.3 Å². The molecule has 0 unspecified atom stereocenters. The lowest BCUT2D eigenvalue weighted by molar-refractivity contribution is 0.629. The van der Waals surface area contributed by atoms with E-state index in [0.717, 1.165) is 17.3 Å². The van der Waals surface area contributed by atoms with Crippen LogP contribution in [0.1, 0.15) is 34.9 Å². The van der Waals surface area contributed by atoms with Crippen LogP contribution in [0.3, 0.4) is 0 Å². The van der Waals surface area contributed by atoms with Crippen molar-refractivity contribution in [1.82, 2.24) is 4.98 Å². The first kappa shape index (κ1) is 12.6. The topological polar surface area (TPSA) is 41.8 Å². The van der Waals surface area contributed by atoms with Crippen molar-refractivity contribution in [3.8, 4) is 0 Å². The molecule has 1 aromatic heterocycles. The quantitative estimate of drug-likeness (QED) is 0.735. The number of aromatic nitrogens is 1. The number of nitrogens with two attached hydrogens (primary N) is 1. The monoisotopic (exact) mass is 280 g/mol. The Morgan fingerprint density at radius 2 is 1.90 bits per heavy atom. The van der Waals surface area contributed by atoms with Gasteiger partial charge < -0.3 is 10.7 Å². The molecule has 2 atom stereocenters. The van der Waals surface area contributed by atoms with Gasteiger partial charge in [-0.05, 0) is 53.8 Å². The molecule has 3 aromatic rings. The average Bonchev–Trinajstić information content (AvgIpc) is 3.07. The van der Waals surface area contributed by atoms with E-state index in [-0.39, 0.29) is 5.82 Å². The minimum atomic E-state index is -0.206. The Kier molecular flexibility index (Phi) is 2.82. The number of hydrogen-bond donors (Lipinski definition) is 2. The van der Waals surface area contributed by atoms with Gasteiger partial charge in [0.15, 0.2) is 0 Å². The fraction of sp³-hybridized carbons (Fsp3) is 0.222. The summed E-state index contributed by atoms with van der Waals surface area (Å²) >= 11 is 0. The molecule has 3 heteroatoms. The standard InChI is InChI=1S/C18H17FN2/c19-12-5-6-15-17(10-21-18(15)8-12)16-7-11(9-20)13-3-1-2-4-14(13)16/h1-6,8,10-11,16,21H,7,9,20H2/t11-,16+/m1/s1. The molecule has 0 amide bonds. The van der Waals surface area contributed by atoms with Gasteiger partial charge >= 0.3 is 0 Å². The molecule has 0 spiro atoms. The highest BCUT2D eigenvalue weighted by Gasteiger charge is 2.31. The van der Waals surface area contributed by atoms with Crippen LogP contribution in [-0.4, -0.2) is 11.5 Å². The van der Waals surface area contributed by atoms with E-state index in [4.69, 9.17) is 5.73 Å². The largest absolute Gasteiger partial charge is 0.361 e. The summed E-state index contributed by atoms with van der Waals surface area (Å²) in [5.41, 5.74) is 10.8. The van der Waals surface area contributed by atoms with Crippen LogP contribution in [0.4, 0.5) is 4.39 Å². The van der Waals surface area contributed by atoms with Crippen molar-refractivity contribution >= 4 is 10.9 Å². The third-order valence-electron chi connectivity index (χ3n) is 4.67. The Hall–Kier alpha value is -2.13. The zero-order valence-electron chi connectivity index (χ0n) is 11.6. The van der Waals surface area contributed by atoms with Crippen molar-refractivity contribution in [3.05, 3.63) is 71.2 Å². The van der Waals surface area contributed by atoms with E-state index in [9.17, 15) is 4.39 Å². The van der Waals surface area contributed by atoms with Gasteiger partial charge in [0.2, 0.25) is 0 Å². The summed E-state index contributed by atoms with van der Waals surface area (Å²) in [6.07, 6.45) is 3.05. The number of rotatable bonds is 2. The number of fused-ring (bicyclic) bond motifs is 2. The molecule has 106 valence electrons. The minimum absolute atomic E-state index is 0.206. The summed E-state index contributed by atoms with van der Waals surface area (Å²) in [6.45, 7) is 0.671. The average molecular weight is 280 g/mol. The summed E-state index contributed by atoms with van der Waals surface area (Å²) in [6, 6.07) is 13.5. The summed E-state index contributed by atoms with van der Waals surface area (Å²) < 4.78 is 13.3. The molecule has 1 heterocycles. The predicted molar refractivity (Wildman–Crippen MR) is 83.0 cm³/mol. The Morgan fingerprint density at radius 1 is 1.10 bits per heavy atom. The molecule has 1 aliphatic carbocycles. The van der Waals surface area contributed by atoms with Crippen LogP contribution < -0.4 is 5.73 Å². The lowest BCUT2D eigenvalue weighted by Gasteiger charge is -2.11. The molecule has 2 aromatic carbocycles. The van der Waals surface area contributed by atoms with E-state index in [0.29, 0.717) is 18.4 Å². The third kappa shape index (κ3) is 1.88. The van der Waals surface area contributed by atoms with Gasteiger partial charge in [-0.3, -0.25) is 0 Å². The maximum Gasteiger partial charge on any atom is 0.125 e. The number of aromatic amines is 1. The van der Waals surface area contributed by atoms with Crippen LogP contribution in [0.2, 0.25) is 0 Å². The van der Waals surface area contributed by atoms with E-state index in [2.05, 4.69) is 29.2 Å². The Morgan fingerprint density at radius 3 is 2.71 bits per heavy atom. The highest BCUT2D eigenvalue weighted by molar-refractivity contribution is 5.84. The fourth-order valence-electron chi connectivity index (χ4n) is 3.67. The van der Waals surface area contributed by atoms with Crippen molar-refractivity contribution in [2.24, 2.45) is 5.73 Å². The molecule has 1 aliphatic rings. The van der Waals surface area contributed by atoms with E-state index in [1.165, 1.54) is 22.8 Å². The molecule has 0 aliphatic heterocycles. The molecule has 0 radical (unpaired) electrons. The summed E-state index contributed by atoms with van der Waals surface area (Å²) in [5, 5.41) is 1.11. The van der Waals surface area contributed by atoms with Gasteiger partial charge in [-0.1, -0.05) is 24.3 Å². The number of nitrogens with one attached hydrogen (secondary N) is 1. The van der Waals surface area contributed by atoms with Gasteiger partial charge in [0.25, 0.3) is 0 Å². The molecule has 0 saturated heterocycles. The second-order valence-corrected chi connectivity index (χ2v) is 5.78. The number of benzene rings is 2. The Bertz CT molecular complexity index is 806. The van der Waals surface area contributed by atoms with Crippen LogP contribution in [0.25, 0.3) is 10.9 Å². The van der Waals surface area contributed by atoms with Gasteiger partial charge in [-0.25, -0.2) is 4.39 Å². The molecule has 3 N–H and O–H groups in total. The minimum Gasteiger partial charge on any atom is -0.361 e. The molecule has 0 saturated carbocycles. The molecule has 21 heavy (non-hydrogen) atoms. The lowest BCUT2D eigenvalue weighted by atomic mass is 9.92. The zero-order valence-corrected chi connectivity index (χ0v) is 11.6. The first-order valence-corrected chi connectivity index (χ1v) is 7.33. The summed E-state index contributed by atoms with van der Waals surface area (Å²) in [7, 11) is 0. The van der Waals surface area contributed by atoms with Crippen molar-refractivity contribution < 1.29 is 4.39 Å². The lowest BCUT2D eigenvalue weighted by Crippen LogP contribution is -2.09. The van der Waals surface area contributed by atoms with Gasteiger partial charge in [-0.2, -0.15) is 0 Å². The van der Waals surface area contributed by atoms with Crippen LogP contribution in [-0.2, 0) is 0 Å². The van der Waals surface area contributed by atoms with Gasteiger partial charge in [-0.15, -0.1) is 0 Å².